The van der Waals surface area contributed by atoms with E-state index in [1.807, 2.05) is 0 Å². The number of hydrogen-bond donors (Lipinski definition) is 0. The van der Waals surface area contributed by atoms with Gasteiger partial charge in [0.2, 0.25) is 0 Å². The van der Waals surface area contributed by atoms with E-state index in [0.717, 1.165) is 6.20 Å². The van der Waals surface area contributed by atoms with Crippen LogP contribution in [0.15, 0.2) is 24.4 Å². The first-order valence-electron chi connectivity index (χ1n) is 4.95. The molecule has 2 aromatic rings. The summed E-state index contributed by atoms with van der Waals surface area (Å²) in [5.74, 6) is -0.458. The molecule has 0 spiro atoms. The van der Waals surface area contributed by atoms with Crippen LogP contribution in [0, 0.1) is 0 Å². The van der Waals surface area contributed by atoms with Crippen molar-refractivity contribution in [2.45, 2.75) is 12.4 Å². The van der Waals surface area contributed by atoms with E-state index in [9.17, 15) is 26.3 Å². The summed E-state index contributed by atoms with van der Waals surface area (Å²) in [5, 5.41) is 2.62. The molecule has 0 aliphatic carbocycles. The highest BCUT2D eigenvalue weighted by molar-refractivity contribution is 6.29. The van der Waals surface area contributed by atoms with Gasteiger partial charge < -0.3 is 0 Å². The monoisotopic (exact) mass is 315 g/mol. The Balaban J connectivity index is 2.48. The fourth-order valence-corrected chi connectivity index (χ4v) is 1.57. The van der Waals surface area contributed by atoms with E-state index >= 15 is 0 Å². The Morgan fingerprint density at radius 1 is 1.00 bits per heavy atom. The summed E-state index contributed by atoms with van der Waals surface area (Å²) >= 11 is 5.43. The summed E-state index contributed by atoms with van der Waals surface area (Å²) in [7, 11) is 0. The molecular weight excluding hydrogens is 312 g/mol. The molecule has 0 aliphatic heterocycles. The van der Waals surface area contributed by atoms with E-state index < -0.39 is 34.6 Å². The van der Waals surface area contributed by atoms with Crippen molar-refractivity contribution in [1.29, 1.82) is 0 Å². The predicted molar refractivity (Wildman–Crippen MR) is 56.4 cm³/mol. The minimum Gasteiger partial charge on any atom is -0.222 e. The molecule has 20 heavy (non-hydrogen) atoms. The average molecular weight is 316 g/mol. The zero-order chi connectivity index (χ0) is 15.1. The second kappa shape index (κ2) is 4.65. The van der Waals surface area contributed by atoms with Crippen LogP contribution in [0.1, 0.15) is 11.3 Å². The molecule has 0 saturated heterocycles. The van der Waals surface area contributed by atoms with Gasteiger partial charge >= 0.3 is 12.4 Å². The normalized spacial score (nSPS) is 12.8. The lowest BCUT2D eigenvalue weighted by Gasteiger charge is -2.09. The smallest absolute Gasteiger partial charge is 0.222 e. The van der Waals surface area contributed by atoms with Crippen molar-refractivity contribution in [2.75, 3.05) is 0 Å². The number of aromatic nitrogens is 3. The lowest BCUT2D eigenvalue weighted by atomic mass is 10.2. The van der Waals surface area contributed by atoms with E-state index in [2.05, 4.69) is 10.1 Å². The van der Waals surface area contributed by atoms with Crippen LogP contribution in [0.2, 0.25) is 5.15 Å². The molecule has 0 N–H and O–H groups in total. The van der Waals surface area contributed by atoms with Gasteiger partial charge in [0.05, 0.1) is 5.56 Å². The van der Waals surface area contributed by atoms with Crippen molar-refractivity contribution >= 4 is 11.6 Å². The van der Waals surface area contributed by atoms with Gasteiger partial charge in [-0.2, -0.15) is 31.4 Å². The third-order valence-corrected chi connectivity index (χ3v) is 2.42. The van der Waals surface area contributed by atoms with Crippen LogP contribution in [-0.2, 0) is 12.4 Å². The first-order valence-corrected chi connectivity index (χ1v) is 5.33. The Hall–Kier alpha value is -1.77. The molecule has 0 saturated carbocycles. The molecule has 2 rings (SSSR count). The molecule has 2 heterocycles. The van der Waals surface area contributed by atoms with E-state index in [-0.39, 0.29) is 0 Å². The van der Waals surface area contributed by atoms with Crippen LogP contribution < -0.4 is 0 Å². The maximum Gasteiger partial charge on any atom is 0.435 e. The lowest BCUT2D eigenvalue weighted by molar-refractivity contribution is -0.141. The molecule has 2 aromatic heterocycles. The van der Waals surface area contributed by atoms with Crippen molar-refractivity contribution < 1.29 is 26.3 Å². The van der Waals surface area contributed by atoms with Crippen molar-refractivity contribution in [1.82, 2.24) is 14.8 Å². The molecule has 0 fully saturated rings. The van der Waals surface area contributed by atoms with E-state index in [0.29, 0.717) is 22.9 Å². The highest BCUT2D eigenvalue weighted by atomic mass is 35.5. The summed E-state index contributed by atoms with van der Waals surface area (Å²) in [6, 6.07) is 1.74. The molecule has 0 radical (unpaired) electrons. The van der Waals surface area contributed by atoms with Crippen LogP contribution in [0.3, 0.4) is 0 Å². The fourth-order valence-electron chi connectivity index (χ4n) is 1.37. The molecule has 0 aliphatic rings. The SMILES string of the molecule is FC(F)(F)c1cc(Cl)nc(-n2ccc(C(F)(F)F)n2)c1. The maximum absolute atomic E-state index is 12.6. The summed E-state index contributed by atoms with van der Waals surface area (Å²) in [6.07, 6.45) is -8.54. The molecule has 0 unspecified atom stereocenters. The highest BCUT2D eigenvalue weighted by Crippen LogP contribution is 2.32. The highest BCUT2D eigenvalue weighted by Gasteiger charge is 2.34. The molecule has 0 atom stereocenters. The fraction of sp³-hybridized carbons (Fsp3) is 0.200. The van der Waals surface area contributed by atoms with Crippen molar-refractivity contribution in [3.05, 3.63) is 40.8 Å². The third-order valence-electron chi connectivity index (χ3n) is 2.22. The Morgan fingerprint density at radius 2 is 1.65 bits per heavy atom. The number of pyridine rings is 1. The van der Waals surface area contributed by atoms with Gasteiger partial charge in [-0.25, -0.2) is 9.67 Å². The summed E-state index contributed by atoms with van der Waals surface area (Å²) < 4.78 is 75.3. The van der Waals surface area contributed by atoms with Crippen molar-refractivity contribution in [3.63, 3.8) is 0 Å². The third kappa shape index (κ3) is 3.03. The Bertz CT molecular complexity index is 631. The van der Waals surface area contributed by atoms with Gasteiger partial charge in [0, 0.05) is 6.20 Å². The molecule has 0 bridgehead atoms. The molecular formula is C10H4ClF6N3. The molecule has 3 nitrogen and oxygen atoms in total. The number of alkyl halides is 6. The summed E-state index contributed by atoms with van der Waals surface area (Å²) in [4.78, 5) is 3.51. The van der Waals surface area contributed by atoms with Gasteiger partial charge in [0.15, 0.2) is 11.5 Å². The quantitative estimate of drug-likeness (QED) is 0.589. The van der Waals surface area contributed by atoms with Crippen molar-refractivity contribution in [2.24, 2.45) is 0 Å². The lowest BCUT2D eigenvalue weighted by Crippen LogP contribution is -2.10. The predicted octanol–water partition coefficient (Wildman–Crippen LogP) is 3.96. The molecule has 108 valence electrons. The Morgan fingerprint density at radius 3 is 2.15 bits per heavy atom. The first-order chi connectivity index (χ1) is 9.07. The standard InChI is InChI=1S/C10H4ClF6N3/c11-7-3-5(9(12,13)14)4-8(18-7)20-2-1-6(19-20)10(15,16)17/h1-4H. The van der Waals surface area contributed by atoms with E-state index in [1.165, 1.54) is 0 Å². The second-order valence-corrected chi connectivity index (χ2v) is 4.07. The van der Waals surface area contributed by atoms with Crippen LogP contribution in [0.25, 0.3) is 5.82 Å². The first kappa shape index (κ1) is 14.6. The van der Waals surface area contributed by atoms with Gasteiger partial charge in [-0.3, -0.25) is 0 Å². The van der Waals surface area contributed by atoms with Gasteiger partial charge in [-0.15, -0.1) is 0 Å². The minimum absolute atomic E-state index is 0.458. The Kier molecular flexibility index (Phi) is 3.41. The van der Waals surface area contributed by atoms with Crippen LogP contribution in [0.5, 0.6) is 0 Å². The van der Waals surface area contributed by atoms with Crippen LogP contribution >= 0.6 is 11.6 Å². The summed E-state index contributed by atoms with van der Waals surface area (Å²) in [5.41, 5.74) is -2.37. The second-order valence-electron chi connectivity index (χ2n) is 3.68. The molecule has 10 heteroatoms. The topological polar surface area (TPSA) is 30.7 Å². The van der Waals surface area contributed by atoms with Gasteiger partial charge in [-0.05, 0) is 18.2 Å². The van der Waals surface area contributed by atoms with E-state index in [4.69, 9.17) is 11.6 Å². The largest absolute Gasteiger partial charge is 0.435 e. The Labute approximate surface area is 112 Å². The molecule has 0 aromatic carbocycles. The van der Waals surface area contributed by atoms with Gasteiger partial charge in [0.25, 0.3) is 0 Å². The van der Waals surface area contributed by atoms with Crippen LogP contribution in [0.4, 0.5) is 26.3 Å². The molecule has 0 amide bonds. The number of hydrogen-bond acceptors (Lipinski definition) is 2. The van der Waals surface area contributed by atoms with Gasteiger partial charge in [-0.1, -0.05) is 11.6 Å². The van der Waals surface area contributed by atoms with E-state index in [1.54, 1.807) is 0 Å². The zero-order valence-electron chi connectivity index (χ0n) is 9.30. The number of rotatable bonds is 1. The number of halogens is 7. The zero-order valence-corrected chi connectivity index (χ0v) is 10.1. The minimum atomic E-state index is -4.70. The average Bonchev–Trinajstić information content (AvgIpc) is 2.75. The van der Waals surface area contributed by atoms with Crippen molar-refractivity contribution in [3.8, 4) is 5.82 Å². The maximum atomic E-state index is 12.6. The van der Waals surface area contributed by atoms with Crippen LogP contribution in [-0.4, -0.2) is 14.8 Å². The number of nitrogens with zero attached hydrogens (tertiary/aromatic N) is 3. The summed E-state index contributed by atoms with van der Waals surface area (Å²) in [6.45, 7) is 0. The van der Waals surface area contributed by atoms with Gasteiger partial charge in [0.1, 0.15) is 5.15 Å².